The molecular formula is C30H29Br2NO7. The van der Waals surface area contributed by atoms with Gasteiger partial charge in [0.2, 0.25) is 11.8 Å². The molecule has 7 unspecified atom stereocenters. The van der Waals surface area contributed by atoms with Crippen LogP contribution in [0.1, 0.15) is 47.4 Å². The molecule has 3 aliphatic rings. The lowest BCUT2D eigenvalue weighted by molar-refractivity contribution is -0.159. The highest BCUT2D eigenvalue weighted by atomic mass is 79.9. The Morgan fingerprint density at radius 1 is 0.875 bits per heavy atom. The first kappa shape index (κ1) is 28.7. The van der Waals surface area contributed by atoms with Crippen LogP contribution in [-0.2, 0) is 19.1 Å². The van der Waals surface area contributed by atoms with Crippen molar-refractivity contribution in [3.8, 4) is 5.75 Å². The fraction of sp³-hybridized carbons (Fsp3) is 0.433. The van der Waals surface area contributed by atoms with Crippen molar-refractivity contribution in [2.24, 2.45) is 29.6 Å². The molecule has 7 atom stereocenters. The summed E-state index contributed by atoms with van der Waals surface area (Å²) in [6.07, 6.45) is 1.04. The van der Waals surface area contributed by atoms with E-state index in [0.29, 0.717) is 5.56 Å². The number of ketones is 1. The van der Waals surface area contributed by atoms with Gasteiger partial charge in [-0.3, -0.25) is 19.3 Å². The van der Waals surface area contributed by atoms with Gasteiger partial charge >= 0.3 is 11.9 Å². The second kappa shape index (κ2) is 11.6. The van der Waals surface area contributed by atoms with E-state index in [-0.39, 0.29) is 57.0 Å². The molecule has 10 heteroatoms. The van der Waals surface area contributed by atoms with Crippen LogP contribution >= 0.6 is 31.9 Å². The molecule has 5 rings (SSSR count). The zero-order valence-electron chi connectivity index (χ0n) is 22.0. The third kappa shape index (κ3) is 5.28. The first-order valence-corrected chi connectivity index (χ1v) is 15.1. The average molecular weight is 675 g/mol. The SMILES string of the molecule is CC(C)CC(C(=O)OCC(=O)c1ccc(OC(=O)c2ccccc2)cc1)N1C(=O)C2C3CC(C(Br)C3Br)C2C1=O. The van der Waals surface area contributed by atoms with Crippen LogP contribution in [0.4, 0.5) is 0 Å². The highest BCUT2D eigenvalue weighted by molar-refractivity contribution is 9.12. The van der Waals surface area contributed by atoms with Crippen LogP contribution in [0.15, 0.2) is 54.6 Å². The molecule has 210 valence electrons. The van der Waals surface area contributed by atoms with E-state index in [1.54, 1.807) is 30.3 Å². The average Bonchev–Trinajstić information content (AvgIpc) is 3.55. The Labute approximate surface area is 249 Å². The van der Waals surface area contributed by atoms with E-state index in [1.165, 1.54) is 24.3 Å². The minimum atomic E-state index is -1.08. The monoisotopic (exact) mass is 673 g/mol. The zero-order valence-corrected chi connectivity index (χ0v) is 25.2. The summed E-state index contributed by atoms with van der Waals surface area (Å²) in [5.41, 5.74) is 0.662. The van der Waals surface area contributed by atoms with Crippen molar-refractivity contribution in [3.05, 3.63) is 65.7 Å². The van der Waals surface area contributed by atoms with Crippen molar-refractivity contribution < 1.29 is 33.4 Å². The van der Waals surface area contributed by atoms with Crippen LogP contribution in [0.3, 0.4) is 0 Å². The number of nitrogens with zero attached hydrogens (tertiary/aromatic N) is 1. The summed E-state index contributed by atoms with van der Waals surface area (Å²) in [6, 6.07) is 13.4. The standard InChI is InChI=1S/C30H29Br2NO7/c1-15(2)12-21(33-27(35)23-19-13-20(24(23)28(33)36)26(32)25(19)31)30(38)39-14-22(34)16-8-10-18(11-9-16)40-29(37)17-6-4-3-5-7-17/h3-11,15,19-21,23-26H,12-14H2,1-2H3. The van der Waals surface area contributed by atoms with Crippen LogP contribution in [0, 0.1) is 29.6 Å². The van der Waals surface area contributed by atoms with Gasteiger partial charge < -0.3 is 9.47 Å². The van der Waals surface area contributed by atoms with E-state index < -0.39 is 42.2 Å². The van der Waals surface area contributed by atoms with Gasteiger partial charge in [-0.1, -0.05) is 63.9 Å². The molecule has 0 radical (unpaired) electrons. The summed E-state index contributed by atoms with van der Waals surface area (Å²) in [6.45, 7) is 3.25. The maximum absolute atomic E-state index is 13.5. The van der Waals surface area contributed by atoms with E-state index in [4.69, 9.17) is 9.47 Å². The third-order valence-electron chi connectivity index (χ3n) is 8.04. The molecule has 2 aromatic rings. The molecular weight excluding hydrogens is 646 g/mol. The molecule has 1 aliphatic heterocycles. The number of carbonyl (C=O) groups excluding carboxylic acids is 5. The van der Waals surface area contributed by atoms with Gasteiger partial charge in [-0.05, 0) is 67.0 Å². The van der Waals surface area contributed by atoms with Crippen LogP contribution in [0.5, 0.6) is 5.75 Å². The van der Waals surface area contributed by atoms with E-state index >= 15 is 0 Å². The zero-order chi connectivity index (χ0) is 28.7. The number of imide groups is 1. The number of rotatable bonds is 9. The first-order chi connectivity index (χ1) is 19.1. The van der Waals surface area contributed by atoms with Crippen LogP contribution in [0.2, 0.25) is 0 Å². The second-order valence-electron chi connectivity index (χ2n) is 11.0. The molecule has 0 N–H and O–H groups in total. The fourth-order valence-corrected chi connectivity index (χ4v) is 8.07. The van der Waals surface area contributed by atoms with E-state index in [2.05, 4.69) is 31.9 Å². The van der Waals surface area contributed by atoms with Gasteiger partial charge in [-0.15, -0.1) is 0 Å². The molecule has 1 saturated heterocycles. The predicted molar refractivity (Wildman–Crippen MR) is 152 cm³/mol. The number of ether oxygens (including phenoxy) is 2. The number of fused-ring (bicyclic) bond motifs is 5. The summed E-state index contributed by atoms with van der Waals surface area (Å²) >= 11 is 7.36. The number of carbonyl (C=O) groups is 5. The van der Waals surface area contributed by atoms with Crippen LogP contribution in [-0.4, -0.2) is 56.7 Å². The van der Waals surface area contributed by atoms with Crippen molar-refractivity contribution in [2.75, 3.05) is 6.61 Å². The molecule has 8 nitrogen and oxygen atoms in total. The Hall–Kier alpha value is -2.85. The van der Waals surface area contributed by atoms with Crippen molar-refractivity contribution in [1.82, 2.24) is 4.90 Å². The van der Waals surface area contributed by atoms with E-state index in [1.807, 2.05) is 13.8 Å². The molecule has 1 heterocycles. The second-order valence-corrected chi connectivity index (χ2v) is 13.1. The van der Waals surface area contributed by atoms with Gasteiger partial charge in [0.15, 0.2) is 12.4 Å². The van der Waals surface area contributed by atoms with Gasteiger partial charge in [0.05, 0.1) is 17.4 Å². The summed E-state index contributed by atoms with van der Waals surface area (Å²) in [7, 11) is 0. The van der Waals surface area contributed by atoms with E-state index in [0.717, 1.165) is 11.3 Å². The molecule has 2 bridgehead atoms. The number of esters is 2. The topological polar surface area (TPSA) is 107 Å². The highest BCUT2D eigenvalue weighted by Gasteiger charge is 2.67. The van der Waals surface area contributed by atoms with Gasteiger partial charge in [-0.25, -0.2) is 9.59 Å². The van der Waals surface area contributed by atoms with Gasteiger partial charge in [-0.2, -0.15) is 0 Å². The lowest BCUT2D eigenvalue weighted by Crippen LogP contribution is -2.48. The lowest BCUT2D eigenvalue weighted by atomic mass is 9.81. The maximum Gasteiger partial charge on any atom is 0.343 e. The Morgan fingerprint density at radius 2 is 1.45 bits per heavy atom. The van der Waals surface area contributed by atoms with Gasteiger partial charge in [0.25, 0.3) is 0 Å². The molecule has 0 spiro atoms. The Morgan fingerprint density at radius 3 is 2.00 bits per heavy atom. The molecule has 2 amide bonds. The largest absolute Gasteiger partial charge is 0.456 e. The van der Waals surface area contributed by atoms with Gasteiger partial charge in [0, 0.05) is 15.2 Å². The minimum Gasteiger partial charge on any atom is -0.456 e. The van der Waals surface area contributed by atoms with Crippen molar-refractivity contribution in [2.45, 2.75) is 42.4 Å². The Kier molecular flexibility index (Phi) is 8.29. The number of halogens is 2. The molecule has 2 saturated carbocycles. The minimum absolute atomic E-state index is 0.00463. The quantitative estimate of drug-likeness (QED) is 0.123. The Balaban J connectivity index is 1.22. The smallest absolute Gasteiger partial charge is 0.343 e. The molecule has 40 heavy (non-hydrogen) atoms. The van der Waals surface area contributed by atoms with Crippen LogP contribution < -0.4 is 4.74 Å². The molecule has 3 fully saturated rings. The highest BCUT2D eigenvalue weighted by Crippen LogP contribution is 2.60. The number of amides is 2. The number of Topliss-reactive ketones (excluding diaryl/α,β-unsaturated/α-hetero) is 1. The third-order valence-corrected chi connectivity index (χ3v) is 11.2. The van der Waals surface area contributed by atoms with Crippen molar-refractivity contribution >= 4 is 61.4 Å². The summed E-state index contributed by atoms with van der Waals surface area (Å²) in [4.78, 5) is 66.5. The molecule has 2 aromatic carbocycles. The van der Waals surface area contributed by atoms with Crippen molar-refractivity contribution in [3.63, 3.8) is 0 Å². The maximum atomic E-state index is 13.5. The number of alkyl halides is 2. The predicted octanol–water partition coefficient (Wildman–Crippen LogP) is 4.82. The Bertz CT molecular complexity index is 1300. The number of benzene rings is 2. The van der Waals surface area contributed by atoms with Crippen molar-refractivity contribution in [1.29, 1.82) is 0 Å². The summed E-state index contributed by atoms with van der Waals surface area (Å²) < 4.78 is 10.7. The first-order valence-electron chi connectivity index (χ1n) is 13.3. The lowest BCUT2D eigenvalue weighted by Gasteiger charge is -2.28. The number of hydrogen-bond acceptors (Lipinski definition) is 7. The summed E-state index contributed by atoms with van der Waals surface area (Å²) in [5, 5.41) is 0. The van der Waals surface area contributed by atoms with Gasteiger partial charge in [0.1, 0.15) is 11.8 Å². The van der Waals surface area contributed by atoms with Crippen LogP contribution in [0.25, 0.3) is 0 Å². The molecule has 2 aliphatic carbocycles. The van der Waals surface area contributed by atoms with E-state index in [9.17, 15) is 24.0 Å². The normalized spacial score (nSPS) is 27.6. The number of likely N-dealkylation sites (tertiary alicyclic amines) is 1. The molecule has 0 aromatic heterocycles. The fourth-order valence-electron chi connectivity index (χ4n) is 6.20. The summed E-state index contributed by atoms with van der Waals surface area (Å²) in [5.74, 6) is -2.92. The number of hydrogen-bond donors (Lipinski definition) is 0.